The molecule has 142 valence electrons. The molecule has 0 unspecified atom stereocenters. The van der Waals surface area contributed by atoms with E-state index in [-0.39, 0.29) is 5.69 Å². The first-order valence-corrected chi connectivity index (χ1v) is 7.19. The number of carbonyl (C=O) groups is 1. The number of ether oxygens (including phenoxy) is 1. The number of alkyl halides is 5. The van der Waals surface area contributed by atoms with E-state index in [4.69, 9.17) is 4.74 Å². The van der Waals surface area contributed by atoms with Crippen molar-refractivity contribution in [2.45, 2.75) is 38.5 Å². The Balaban J connectivity index is 2.16. The second-order valence-electron chi connectivity index (χ2n) is 6.20. The Morgan fingerprint density at radius 1 is 1.08 bits per heavy atom. The number of rotatable bonds is 3. The van der Waals surface area contributed by atoms with E-state index in [1.807, 2.05) is 0 Å². The highest BCUT2D eigenvalue weighted by Gasteiger charge is 2.44. The summed E-state index contributed by atoms with van der Waals surface area (Å²) >= 11 is 0. The predicted molar refractivity (Wildman–Crippen MR) is 78.6 cm³/mol. The van der Waals surface area contributed by atoms with Crippen LogP contribution in [-0.4, -0.2) is 21.8 Å². The van der Waals surface area contributed by atoms with Gasteiger partial charge >= 0.3 is 24.1 Å². The van der Waals surface area contributed by atoms with Gasteiger partial charge in [0, 0.05) is 11.3 Å². The first kappa shape index (κ1) is 19.6. The molecule has 1 aromatic heterocycles. The van der Waals surface area contributed by atoms with Crippen molar-refractivity contribution < 1.29 is 36.0 Å². The van der Waals surface area contributed by atoms with Crippen LogP contribution in [-0.2, 0) is 16.8 Å². The van der Waals surface area contributed by atoms with Crippen molar-refractivity contribution in [3.63, 3.8) is 0 Å². The number of hydrogen-bond acceptors (Lipinski definition) is 5. The molecule has 1 amide bonds. The van der Waals surface area contributed by atoms with Crippen LogP contribution >= 0.6 is 0 Å². The third-order valence-corrected chi connectivity index (χ3v) is 2.84. The summed E-state index contributed by atoms with van der Waals surface area (Å²) in [6.07, 6.45) is -5.81. The van der Waals surface area contributed by atoms with Crippen molar-refractivity contribution in [3.05, 3.63) is 41.5 Å². The molecular weight excluding hydrogens is 365 g/mol. The summed E-state index contributed by atoms with van der Waals surface area (Å²) in [6.45, 7) is 4.95. The molecule has 0 aliphatic heterocycles. The summed E-state index contributed by atoms with van der Waals surface area (Å²) in [5.41, 5.74) is -1.27. The minimum absolute atomic E-state index is 0.155. The van der Waals surface area contributed by atoms with E-state index in [9.17, 15) is 26.7 Å². The van der Waals surface area contributed by atoms with Gasteiger partial charge < -0.3 is 9.26 Å². The number of nitrogens with zero attached hydrogens (tertiary/aromatic N) is 2. The van der Waals surface area contributed by atoms with Crippen LogP contribution in [0.2, 0.25) is 0 Å². The Labute approximate surface area is 144 Å². The smallest absolute Gasteiger partial charge is 0.444 e. The van der Waals surface area contributed by atoms with Crippen molar-refractivity contribution in [1.29, 1.82) is 0 Å². The summed E-state index contributed by atoms with van der Waals surface area (Å²) in [4.78, 5) is 14.3. The second-order valence-corrected chi connectivity index (χ2v) is 6.20. The molecule has 0 saturated heterocycles. The molecule has 2 aromatic rings. The molecule has 0 spiro atoms. The Kier molecular flexibility index (Phi) is 4.93. The molecule has 26 heavy (non-hydrogen) atoms. The lowest BCUT2D eigenvalue weighted by Crippen LogP contribution is -2.27. The largest absolute Gasteiger partial charge is 0.471 e. The van der Waals surface area contributed by atoms with Gasteiger partial charge in [0.1, 0.15) is 5.60 Å². The molecule has 2 rings (SSSR count). The van der Waals surface area contributed by atoms with E-state index in [2.05, 4.69) is 20.0 Å². The van der Waals surface area contributed by atoms with Crippen molar-refractivity contribution in [3.8, 4) is 0 Å². The highest BCUT2D eigenvalue weighted by molar-refractivity contribution is 5.84. The number of carbonyl (C=O) groups excluding carboxylic acids is 1. The number of amides is 1. The maximum atomic E-state index is 14.2. The summed E-state index contributed by atoms with van der Waals surface area (Å²) in [5.74, 6) is -7.20. The van der Waals surface area contributed by atoms with E-state index < -0.39 is 41.1 Å². The van der Waals surface area contributed by atoms with Crippen molar-refractivity contribution in [2.24, 2.45) is 0 Å². The van der Waals surface area contributed by atoms with E-state index in [0.717, 1.165) is 24.3 Å². The quantitative estimate of drug-likeness (QED) is 0.790. The first-order chi connectivity index (χ1) is 11.8. The van der Waals surface area contributed by atoms with Crippen LogP contribution in [0.4, 0.5) is 32.4 Å². The number of nitrogens with one attached hydrogen (secondary N) is 1. The van der Waals surface area contributed by atoms with Gasteiger partial charge in [-0.25, -0.2) is 4.79 Å². The fourth-order valence-electron chi connectivity index (χ4n) is 1.78. The van der Waals surface area contributed by atoms with Gasteiger partial charge in [-0.2, -0.15) is 26.9 Å². The predicted octanol–water partition coefficient (Wildman–Crippen LogP) is 4.58. The summed E-state index contributed by atoms with van der Waals surface area (Å²) in [7, 11) is 0. The third-order valence-electron chi connectivity index (χ3n) is 2.84. The van der Waals surface area contributed by atoms with Gasteiger partial charge in [0.05, 0.1) is 0 Å². The zero-order valence-corrected chi connectivity index (χ0v) is 13.8. The Morgan fingerprint density at radius 3 is 2.12 bits per heavy atom. The molecule has 0 bridgehead atoms. The Bertz CT molecular complexity index is 779. The lowest BCUT2D eigenvalue weighted by molar-refractivity contribution is -0.159. The second kappa shape index (κ2) is 6.54. The van der Waals surface area contributed by atoms with Gasteiger partial charge in [0.2, 0.25) is 5.82 Å². The normalized spacial score (nSPS) is 12.8. The van der Waals surface area contributed by atoms with Gasteiger partial charge in [-0.3, -0.25) is 5.32 Å². The standard InChI is InChI=1S/C15H14F5N3O3/c1-13(2,3)25-12(24)21-9-6-4-8(5-7-9)14(16,17)10-22-11(26-23-10)15(18,19)20/h4-7H,1-3H3,(H,21,24). The van der Waals surface area contributed by atoms with Gasteiger partial charge in [-0.1, -0.05) is 17.3 Å². The van der Waals surface area contributed by atoms with Crippen LogP contribution in [0.5, 0.6) is 0 Å². The maximum Gasteiger partial charge on any atom is 0.471 e. The molecular formula is C15H14F5N3O3. The lowest BCUT2D eigenvalue weighted by atomic mass is 10.1. The number of hydrogen-bond donors (Lipinski definition) is 1. The first-order valence-electron chi connectivity index (χ1n) is 7.19. The third kappa shape index (κ3) is 4.67. The molecule has 0 atom stereocenters. The average molecular weight is 379 g/mol. The summed E-state index contributed by atoms with van der Waals surface area (Å²) < 4.78 is 74.5. The Morgan fingerprint density at radius 2 is 1.65 bits per heavy atom. The number of aromatic nitrogens is 2. The van der Waals surface area contributed by atoms with E-state index >= 15 is 0 Å². The fraction of sp³-hybridized carbons (Fsp3) is 0.400. The minimum Gasteiger partial charge on any atom is -0.444 e. The van der Waals surface area contributed by atoms with Gasteiger partial charge in [0.25, 0.3) is 0 Å². The van der Waals surface area contributed by atoms with Crippen molar-refractivity contribution in [1.82, 2.24) is 10.1 Å². The molecule has 0 saturated carbocycles. The monoisotopic (exact) mass is 379 g/mol. The summed E-state index contributed by atoms with van der Waals surface area (Å²) in [5, 5.41) is 5.03. The molecule has 0 fully saturated rings. The fourth-order valence-corrected chi connectivity index (χ4v) is 1.78. The number of anilines is 1. The molecule has 0 aliphatic carbocycles. The van der Waals surface area contributed by atoms with Crippen LogP contribution < -0.4 is 5.32 Å². The van der Waals surface area contributed by atoms with E-state index in [0.29, 0.717) is 0 Å². The molecule has 6 nitrogen and oxygen atoms in total. The maximum absolute atomic E-state index is 14.2. The highest BCUT2D eigenvalue weighted by atomic mass is 19.4. The van der Waals surface area contributed by atoms with Crippen LogP contribution in [0.3, 0.4) is 0 Å². The molecule has 1 aromatic carbocycles. The van der Waals surface area contributed by atoms with Crippen LogP contribution in [0.25, 0.3) is 0 Å². The molecule has 1 N–H and O–H groups in total. The minimum atomic E-state index is -5.03. The molecule has 0 radical (unpaired) electrons. The molecule has 1 heterocycles. The van der Waals surface area contributed by atoms with E-state index in [1.165, 1.54) is 0 Å². The van der Waals surface area contributed by atoms with Crippen LogP contribution in [0, 0.1) is 0 Å². The topological polar surface area (TPSA) is 77.2 Å². The van der Waals surface area contributed by atoms with Gasteiger partial charge in [-0.15, -0.1) is 0 Å². The zero-order valence-electron chi connectivity index (χ0n) is 13.8. The number of halogens is 5. The number of benzene rings is 1. The van der Waals surface area contributed by atoms with Gasteiger partial charge in [-0.05, 0) is 32.9 Å². The van der Waals surface area contributed by atoms with E-state index in [1.54, 1.807) is 20.8 Å². The molecule has 0 aliphatic rings. The zero-order chi connectivity index (χ0) is 19.8. The van der Waals surface area contributed by atoms with Crippen LogP contribution in [0.1, 0.15) is 38.0 Å². The average Bonchev–Trinajstić information content (AvgIpc) is 2.96. The van der Waals surface area contributed by atoms with Crippen molar-refractivity contribution >= 4 is 11.8 Å². The Hall–Kier alpha value is -2.72. The molecule has 11 heteroatoms. The lowest BCUT2D eigenvalue weighted by Gasteiger charge is -2.20. The summed E-state index contributed by atoms with van der Waals surface area (Å²) in [6, 6.07) is 4.10. The van der Waals surface area contributed by atoms with Crippen LogP contribution in [0.15, 0.2) is 28.8 Å². The van der Waals surface area contributed by atoms with Crippen molar-refractivity contribution in [2.75, 3.05) is 5.32 Å². The highest BCUT2D eigenvalue weighted by Crippen LogP contribution is 2.36. The van der Waals surface area contributed by atoms with Gasteiger partial charge in [0.15, 0.2) is 0 Å². The SMILES string of the molecule is CC(C)(C)OC(=O)Nc1ccc(C(F)(F)c2noc(C(F)(F)F)n2)cc1.